The van der Waals surface area contributed by atoms with Gasteiger partial charge < -0.3 is 9.47 Å². The van der Waals surface area contributed by atoms with Gasteiger partial charge >= 0.3 is 0 Å². The van der Waals surface area contributed by atoms with Gasteiger partial charge in [0.05, 0.1) is 6.61 Å². The molecule has 0 aliphatic heterocycles. The van der Waals surface area contributed by atoms with Gasteiger partial charge in [0.2, 0.25) is 0 Å². The van der Waals surface area contributed by atoms with Gasteiger partial charge in [-0.2, -0.15) is 0 Å². The van der Waals surface area contributed by atoms with E-state index in [1.54, 1.807) is 0 Å². The summed E-state index contributed by atoms with van der Waals surface area (Å²) < 4.78 is 11.2. The lowest BCUT2D eigenvalue weighted by atomic mass is 10.0. The Kier molecular flexibility index (Phi) is 5.17. The second-order valence-corrected chi connectivity index (χ2v) is 5.56. The fraction of sp³-hybridized carbons (Fsp3) is 0.182. The molecule has 0 N–H and O–H groups in total. The van der Waals surface area contributed by atoms with Gasteiger partial charge in [-0.15, -0.1) is 0 Å². The van der Waals surface area contributed by atoms with Crippen LogP contribution in [0.15, 0.2) is 72.8 Å². The summed E-state index contributed by atoms with van der Waals surface area (Å²) in [6.07, 6.45) is 3.98. The zero-order chi connectivity index (χ0) is 16.8. The Bertz CT molecular complexity index is 832. The minimum absolute atomic E-state index is 0.605. The molecule has 2 heteroatoms. The van der Waals surface area contributed by atoms with Crippen molar-refractivity contribution >= 4 is 10.8 Å². The maximum Gasteiger partial charge on any atom is 0.119 e. The molecule has 0 fully saturated rings. The first-order valence-corrected chi connectivity index (χ1v) is 8.31. The van der Waals surface area contributed by atoms with Gasteiger partial charge in [-0.1, -0.05) is 42.5 Å². The van der Waals surface area contributed by atoms with Crippen molar-refractivity contribution in [3.63, 3.8) is 0 Å². The average Bonchev–Trinajstić information content (AvgIpc) is 2.62. The molecule has 0 radical (unpaired) electrons. The number of allylic oxidation sites excluding steroid dienone is 1. The van der Waals surface area contributed by atoms with Crippen molar-refractivity contribution in [1.29, 1.82) is 0 Å². The maximum atomic E-state index is 5.64. The van der Waals surface area contributed by atoms with Gasteiger partial charge in [-0.05, 0) is 66.1 Å². The molecular formula is C22H22O2. The first-order valence-electron chi connectivity index (χ1n) is 8.31. The molecule has 0 unspecified atom stereocenters. The molecule has 0 aliphatic carbocycles. The summed E-state index contributed by atoms with van der Waals surface area (Å²) in [6, 6.07) is 20.9. The molecule has 0 saturated carbocycles. The smallest absolute Gasteiger partial charge is 0.119 e. The van der Waals surface area contributed by atoms with Crippen LogP contribution < -0.4 is 9.47 Å². The van der Waals surface area contributed by atoms with Crippen LogP contribution in [0.2, 0.25) is 0 Å². The Morgan fingerprint density at radius 2 is 1.42 bits per heavy atom. The number of hydrogen-bond acceptors (Lipinski definition) is 2. The Morgan fingerprint density at radius 1 is 0.750 bits per heavy atom. The minimum atomic E-state index is 0.605. The largest absolute Gasteiger partial charge is 0.494 e. The fourth-order valence-corrected chi connectivity index (χ4v) is 2.64. The third-order valence-corrected chi connectivity index (χ3v) is 3.89. The SMILES string of the molecule is CC=CCOc1ccc(-c2ccc3cc(OCC)ccc3c2)cc1. The third kappa shape index (κ3) is 3.77. The fourth-order valence-electron chi connectivity index (χ4n) is 2.64. The van der Waals surface area contributed by atoms with Crippen LogP contribution in [-0.2, 0) is 0 Å². The molecule has 0 amide bonds. The molecule has 0 saturated heterocycles. The highest BCUT2D eigenvalue weighted by Gasteiger charge is 2.02. The molecule has 2 nitrogen and oxygen atoms in total. The molecule has 0 bridgehead atoms. The van der Waals surface area contributed by atoms with Crippen molar-refractivity contribution in [3.05, 3.63) is 72.8 Å². The minimum Gasteiger partial charge on any atom is -0.494 e. The Morgan fingerprint density at radius 3 is 2.17 bits per heavy atom. The summed E-state index contributed by atoms with van der Waals surface area (Å²) >= 11 is 0. The van der Waals surface area contributed by atoms with Crippen LogP contribution in [0.4, 0.5) is 0 Å². The van der Waals surface area contributed by atoms with Crippen molar-refractivity contribution < 1.29 is 9.47 Å². The van der Waals surface area contributed by atoms with Crippen LogP contribution in [0.1, 0.15) is 13.8 Å². The van der Waals surface area contributed by atoms with Gasteiger partial charge in [0.15, 0.2) is 0 Å². The van der Waals surface area contributed by atoms with E-state index in [-0.39, 0.29) is 0 Å². The maximum absolute atomic E-state index is 5.64. The van der Waals surface area contributed by atoms with Crippen LogP contribution >= 0.6 is 0 Å². The van der Waals surface area contributed by atoms with E-state index in [0.29, 0.717) is 13.2 Å². The van der Waals surface area contributed by atoms with Gasteiger partial charge in [0, 0.05) is 0 Å². The molecule has 3 aromatic rings. The molecule has 0 heterocycles. The monoisotopic (exact) mass is 318 g/mol. The lowest BCUT2D eigenvalue weighted by Gasteiger charge is -2.08. The van der Waals surface area contributed by atoms with E-state index in [1.165, 1.54) is 21.9 Å². The number of hydrogen-bond donors (Lipinski definition) is 0. The van der Waals surface area contributed by atoms with Gasteiger partial charge in [-0.3, -0.25) is 0 Å². The van der Waals surface area contributed by atoms with E-state index in [2.05, 4.69) is 42.5 Å². The highest BCUT2D eigenvalue weighted by molar-refractivity contribution is 5.88. The van der Waals surface area contributed by atoms with Crippen LogP contribution in [0.3, 0.4) is 0 Å². The van der Waals surface area contributed by atoms with Crippen LogP contribution in [-0.4, -0.2) is 13.2 Å². The van der Waals surface area contributed by atoms with E-state index in [4.69, 9.17) is 9.47 Å². The molecule has 0 atom stereocenters. The van der Waals surface area contributed by atoms with E-state index in [0.717, 1.165) is 11.5 Å². The van der Waals surface area contributed by atoms with E-state index < -0.39 is 0 Å². The number of rotatable bonds is 6. The molecule has 24 heavy (non-hydrogen) atoms. The Balaban J connectivity index is 1.82. The van der Waals surface area contributed by atoms with Crippen molar-refractivity contribution in [2.45, 2.75) is 13.8 Å². The highest BCUT2D eigenvalue weighted by atomic mass is 16.5. The summed E-state index contributed by atoms with van der Waals surface area (Å²) in [5.74, 6) is 1.80. The average molecular weight is 318 g/mol. The van der Waals surface area contributed by atoms with E-state index in [9.17, 15) is 0 Å². The lowest BCUT2D eigenvalue weighted by Crippen LogP contribution is -1.92. The van der Waals surface area contributed by atoms with Crippen LogP contribution in [0, 0.1) is 0 Å². The number of fused-ring (bicyclic) bond motifs is 1. The predicted molar refractivity (Wildman–Crippen MR) is 101 cm³/mol. The Labute approximate surface area is 143 Å². The van der Waals surface area contributed by atoms with E-state index in [1.807, 2.05) is 44.2 Å². The molecule has 3 aromatic carbocycles. The van der Waals surface area contributed by atoms with Crippen molar-refractivity contribution in [1.82, 2.24) is 0 Å². The standard InChI is InChI=1S/C22H22O2/c1-3-5-14-24-21-11-8-17(9-12-21)18-6-7-20-16-22(23-4-2)13-10-19(20)15-18/h3,5-13,15-16H,4,14H2,1-2H3. The molecule has 0 aromatic heterocycles. The second kappa shape index (κ2) is 7.69. The van der Waals surface area contributed by atoms with Gasteiger partial charge in [0.25, 0.3) is 0 Å². The molecule has 122 valence electrons. The predicted octanol–water partition coefficient (Wildman–Crippen LogP) is 5.86. The van der Waals surface area contributed by atoms with Crippen molar-refractivity contribution in [2.75, 3.05) is 13.2 Å². The third-order valence-electron chi connectivity index (χ3n) is 3.89. The van der Waals surface area contributed by atoms with Gasteiger partial charge in [-0.25, -0.2) is 0 Å². The molecule has 0 aliphatic rings. The van der Waals surface area contributed by atoms with Crippen LogP contribution in [0.5, 0.6) is 11.5 Å². The first-order chi connectivity index (χ1) is 11.8. The zero-order valence-electron chi connectivity index (χ0n) is 14.2. The number of ether oxygens (including phenoxy) is 2. The van der Waals surface area contributed by atoms with Gasteiger partial charge in [0.1, 0.15) is 18.1 Å². The van der Waals surface area contributed by atoms with E-state index >= 15 is 0 Å². The molecule has 3 rings (SSSR count). The lowest BCUT2D eigenvalue weighted by molar-refractivity contribution is 0.341. The van der Waals surface area contributed by atoms with Crippen molar-refractivity contribution in [2.24, 2.45) is 0 Å². The Hall–Kier alpha value is -2.74. The summed E-state index contributed by atoms with van der Waals surface area (Å²) in [5.41, 5.74) is 2.39. The van der Waals surface area contributed by atoms with Crippen molar-refractivity contribution in [3.8, 4) is 22.6 Å². The normalized spacial score (nSPS) is 11.1. The summed E-state index contributed by atoms with van der Waals surface area (Å²) in [7, 11) is 0. The second-order valence-electron chi connectivity index (χ2n) is 5.56. The van der Waals surface area contributed by atoms with Crippen LogP contribution in [0.25, 0.3) is 21.9 Å². The number of benzene rings is 3. The molecule has 0 spiro atoms. The summed E-state index contributed by atoms with van der Waals surface area (Å²) in [4.78, 5) is 0. The zero-order valence-corrected chi connectivity index (χ0v) is 14.2. The summed E-state index contributed by atoms with van der Waals surface area (Å²) in [6.45, 7) is 5.28. The molecular weight excluding hydrogens is 296 g/mol. The summed E-state index contributed by atoms with van der Waals surface area (Å²) in [5, 5.41) is 2.40. The quantitative estimate of drug-likeness (QED) is 0.530. The topological polar surface area (TPSA) is 18.5 Å². The highest BCUT2D eigenvalue weighted by Crippen LogP contribution is 2.28. The first kappa shape index (κ1) is 16.1.